The third-order valence-electron chi connectivity index (χ3n) is 5.24. The van der Waals surface area contributed by atoms with Gasteiger partial charge in [-0.1, -0.05) is 66.2 Å². The molecule has 160 valence electrons. The van der Waals surface area contributed by atoms with E-state index in [4.69, 9.17) is 4.98 Å². The quantitative estimate of drug-likeness (QED) is 0.373. The van der Waals surface area contributed by atoms with Gasteiger partial charge in [0.15, 0.2) is 5.82 Å². The van der Waals surface area contributed by atoms with E-state index in [1.54, 1.807) is 17.3 Å². The lowest BCUT2D eigenvalue weighted by Crippen LogP contribution is -2.23. The van der Waals surface area contributed by atoms with Crippen LogP contribution >= 0.6 is 0 Å². The van der Waals surface area contributed by atoms with E-state index in [0.29, 0.717) is 18.9 Å². The molecule has 2 aromatic carbocycles. The van der Waals surface area contributed by atoms with Crippen molar-refractivity contribution < 1.29 is 4.79 Å². The molecule has 4 aromatic rings. The van der Waals surface area contributed by atoms with Crippen LogP contribution in [0.25, 0.3) is 11.3 Å². The number of nitrogens with zero attached hydrogens (tertiary/aromatic N) is 3. The molecule has 32 heavy (non-hydrogen) atoms. The molecule has 1 amide bonds. The maximum atomic E-state index is 12.0. The van der Waals surface area contributed by atoms with E-state index in [1.165, 1.54) is 11.1 Å². The summed E-state index contributed by atoms with van der Waals surface area (Å²) >= 11 is 0. The molecule has 0 bridgehead atoms. The minimum absolute atomic E-state index is 0.427. The summed E-state index contributed by atoms with van der Waals surface area (Å²) in [4.78, 5) is 22.7. The van der Waals surface area contributed by atoms with Crippen molar-refractivity contribution in [3.8, 4) is 11.3 Å². The first-order valence-electron chi connectivity index (χ1n) is 10.7. The molecule has 0 spiro atoms. The van der Waals surface area contributed by atoms with Gasteiger partial charge < -0.3 is 10.2 Å². The summed E-state index contributed by atoms with van der Waals surface area (Å²) in [7, 11) is 0. The summed E-state index contributed by atoms with van der Waals surface area (Å²) in [6.45, 7) is 3.23. The van der Waals surface area contributed by atoms with E-state index < -0.39 is 0 Å². The highest BCUT2D eigenvalue weighted by atomic mass is 16.1. The second-order valence-corrected chi connectivity index (χ2v) is 7.69. The Morgan fingerprint density at radius 3 is 2.53 bits per heavy atom. The number of amides is 1. The van der Waals surface area contributed by atoms with Crippen molar-refractivity contribution in [1.82, 2.24) is 9.97 Å². The molecule has 0 saturated carbocycles. The molecule has 0 unspecified atom stereocenters. The third-order valence-corrected chi connectivity index (χ3v) is 5.24. The van der Waals surface area contributed by atoms with E-state index in [-0.39, 0.29) is 0 Å². The molecule has 1 N–H and O–H groups in total. The molecule has 0 atom stereocenters. The van der Waals surface area contributed by atoms with Gasteiger partial charge >= 0.3 is 0 Å². The Kier molecular flexibility index (Phi) is 6.88. The molecule has 0 radical (unpaired) electrons. The van der Waals surface area contributed by atoms with Crippen LogP contribution in [-0.4, -0.2) is 22.9 Å². The normalized spacial score (nSPS) is 10.5. The van der Waals surface area contributed by atoms with Crippen LogP contribution in [0.5, 0.6) is 0 Å². The third kappa shape index (κ3) is 5.38. The Bertz CT molecular complexity index is 1160. The molecule has 5 nitrogen and oxygen atoms in total. The summed E-state index contributed by atoms with van der Waals surface area (Å²) in [6, 6.07) is 26.3. The molecule has 0 aliphatic heterocycles. The van der Waals surface area contributed by atoms with Crippen LogP contribution in [0.4, 0.5) is 11.5 Å². The van der Waals surface area contributed by atoms with Gasteiger partial charge in [-0.2, -0.15) is 0 Å². The van der Waals surface area contributed by atoms with Gasteiger partial charge in [0.05, 0.1) is 17.9 Å². The molecule has 2 heterocycles. The van der Waals surface area contributed by atoms with Gasteiger partial charge in [0, 0.05) is 24.5 Å². The monoisotopic (exact) mass is 422 g/mol. The first-order valence-corrected chi connectivity index (χ1v) is 10.7. The Morgan fingerprint density at radius 1 is 0.938 bits per heavy atom. The van der Waals surface area contributed by atoms with Crippen molar-refractivity contribution in [3.05, 3.63) is 108 Å². The van der Waals surface area contributed by atoms with E-state index in [2.05, 4.69) is 41.5 Å². The summed E-state index contributed by atoms with van der Waals surface area (Å²) in [5.41, 5.74) is 6.10. The van der Waals surface area contributed by atoms with E-state index >= 15 is 0 Å². The van der Waals surface area contributed by atoms with Crippen LogP contribution < -0.4 is 10.2 Å². The molecule has 0 fully saturated rings. The lowest BCUT2D eigenvalue weighted by atomic mass is 10.1. The molecule has 4 rings (SSSR count). The van der Waals surface area contributed by atoms with E-state index in [0.717, 1.165) is 35.3 Å². The number of benzene rings is 2. The van der Waals surface area contributed by atoms with Crippen molar-refractivity contribution >= 4 is 17.9 Å². The number of rotatable bonds is 9. The predicted molar refractivity (Wildman–Crippen MR) is 130 cm³/mol. The Morgan fingerprint density at radius 2 is 1.78 bits per heavy atom. The molecule has 0 aliphatic rings. The smallest absolute Gasteiger partial charge is 0.214 e. The highest BCUT2D eigenvalue weighted by Gasteiger charge is 2.14. The number of hydrogen-bond acceptors (Lipinski definition) is 4. The van der Waals surface area contributed by atoms with Crippen LogP contribution in [0.1, 0.15) is 16.7 Å². The predicted octanol–water partition coefficient (Wildman–Crippen LogP) is 5.27. The zero-order valence-corrected chi connectivity index (χ0v) is 18.1. The lowest BCUT2D eigenvalue weighted by molar-refractivity contribution is -0.107. The molecular weight excluding hydrogens is 396 g/mol. The maximum absolute atomic E-state index is 12.0. The fourth-order valence-electron chi connectivity index (χ4n) is 3.64. The Balaban J connectivity index is 1.61. The van der Waals surface area contributed by atoms with Gasteiger partial charge in [-0.3, -0.25) is 9.78 Å². The van der Waals surface area contributed by atoms with Gasteiger partial charge in [0.25, 0.3) is 0 Å². The Labute approximate surface area is 188 Å². The van der Waals surface area contributed by atoms with Gasteiger partial charge in [0.1, 0.15) is 0 Å². The second kappa shape index (κ2) is 10.4. The summed E-state index contributed by atoms with van der Waals surface area (Å²) in [5.74, 6) is 0.690. The first kappa shape index (κ1) is 21.2. The minimum atomic E-state index is 0.427. The number of anilines is 2. The molecule has 5 heteroatoms. The van der Waals surface area contributed by atoms with Gasteiger partial charge in [0.2, 0.25) is 6.41 Å². The van der Waals surface area contributed by atoms with Crippen molar-refractivity contribution in [2.24, 2.45) is 0 Å². The average Bonchev–Trinajstić information content (AvgIpc) is 2.84. The molecule has 2 aromatic heterocycles. The number of aromatic nitrogens is 2. The number of pyridine rings is 2. The highest BCUT2D eigenvalue weighted by molar-refractivity contribution is 5.83. The lowest BCUT2D eigenvalue weighted by Gasteiger charge is -2.21. The number of carbonyl (C=O) groups excluding carboxylic acids is 1. The number of carbonyl (C=O) groups is 1. The highest BCUT2D eigenvalue weighted by Crippen LogP contribution is 2.29. The van der Waals surface area contributed by atoms with E-state index in [1.807, 2.05) is 54.6 Å². The van der Waals surface area contributed by atoms with Gasteiger partial charge in [-0.15, -0.1) is 0 Å². The fraction of sp³-hybridized carbons (Fsp3) is 0.148. The fourth-order valence-corrected chi connectivity index (χ4v) is 3.64. The van der Waals surface area contributed by atoms with Crippen molar-refractivity contribution in [2.75, 3.05) is 16.8 Å². The first-order chi connectivity index (χ1) is 15.7. The largest absolute Gasteiger partial charge is 0.368 e. The second-order valence-electron chi connectivity index (χ2n) is 7.69. The van der Waals surface area contributed by atoms with Gasteiger partial charge in [-0.25, -0.2) is 4.98 Å². The van der Waals surface area contributed by atoms with Gasteiger partial charge in [-0.05, 0) is 42.7 Å². The minimum Gasteiger partial charge on any atom is -0.368 e. The standard InChI is InChI=1S/C27H26N4O/c1-21-7-5-8-22(17-21)14-16-29-27-26(31(20-32)19-23-9-6-15-28-18-23)13-12-25(30-27)24-10-3-2-4-11-24/h2-13,15,17-18,20H,14,16,19H2,1H3,(H,29,30). The zero-order valence-electron chi connectivity index (χ0n) is 18.1. The van der Waals surface area contributed by atoms with Crippen LogP contribution in [0.15, 0.2) is 91.3 Å². The SMILES string of the molecule is Cc1cccc(CCNc2nc(-c3ccccc3)ccc2N(C=O)Cc2cccnc2)c1. The van der Waals surface area contributed by atoms with Crippen LogP contribution in [-0.2, 0) is 17.8 Å². The summed E-state index contributed by atoms with van der Waals surface area (Å²) in [5, 5.41) is 3.46. The molecule has 0 saturated heterocycles. The topological polar surface area (TPSA) is 58.1 Å². The van der Waals surface area contributed by atoms with Crippen LogP contribution in [0, 0.1) is 6.92 Å². The van der Waals surface area contributed by atoms with Crippen molar-refractivity contribution in [2.45, 2.75) is 19.9 Å². The summed E-state index contributed by atoms with van der Waals surface area (Å²) in [6.07, 6.45) is 5.20. The van der Waals surface area contributed by atoms with E-state index in [9.17, 15) is 4.79 Å². The number of hydrogen-bond donors (Lipinski definition) is 1. The molecular formula is C27H26N4O. The van der Waals surface area contributed by atoms with Crippen LogP contribution in [0.3, 0.4) is 0 Å². The van der Waals surface area contributed by atoms with Crippen molar-refractivity contribution in [1.29, 1.82) is 0 Å². The average molecular weight is 423 g/mol. The van der Waals surface area contributed by atoms with Crippen molar-refractivity contribution in [3.63, 3.8) is 0 Å². The Hall–Kier alpha value is -3.99. The number of aryl methyl sites for hydroxylation is 1. The maximum Gasteiger partial charge on any atom is 0.214 e. The summed E-state index contributed by atoms with van der Waals surface area (Å²) < 4.78 is 0. The zero-order chi connectivity index (χ0) is 22.2. The van der Waals surface area contributed by atoms with Crippen LogP contribution in [0.2, 0.25) is 0 Å². The number of nitrogens with one attached hydrogen (secondary N) is 1. The molecule has 0 aliphatic carbocycles.